The minimum absolute atomic E-state index is 0.00770. The monoisotopic (exact) mass is 311 g/mol. The Morgan fingerprint density at radius 1 is 1.22 bits per heavy atom. The molecule has 0 unspecified atom stereocenters. The average Bonchev–Trinajstić information content (AvgIpc) is 2.54. The molecule has 0 heterocycles. The van der Waals surface area contributed by atoms with Crippen LogP contribution in [0.25, 0.3) is 0 Å². The van der Waals surface area contributed by atoms with E-state index in [1.807, 2.05) is 44.2 Å². The van der Waals surface area contributed by atoms with Gasteiger partial charge in [-0.25, -0.2) is 4.39 Å². The number of halogens is 1. The molecule has 2 aromatic carbocycles. The molecule has 23 heavy (non-hydrogen) atoms. The maximum Gasteiger partial charge on any atom is 0.226 e. The van der Waals surface area contributed by atoms with Gasteiger partial charge in [-0.1, -0.05) is 32.0 Å². The van der Waals surface area contributed by atoms with Gasteiger partial charge in [0.15, 0.2) is 0 Å². The van der Waals surface area contributed by atoms with Crippen molar-refractivity contribution in [3.8, 4) is 6.07 Å². The number of amides is 1. The Kier molecular flexibility index (Phi) is 5.32. The fourth-order valence-electron chi connectivity index (χ4n) is 1.97. The summed E-state index contributed by atoms with van der Waals surface area (Å²) < 4.78 is 13.5. The summed E-state index contributed by atoms with van der Waals surface area (Å²) in [6, 6.07) is 13.7. The molecule has 0 aromatic heterocycles. The predicted molar refractivity (Wildman–Crippen MR) is 88.4 cm³/mol. The number of benzene rings is 2. The molecule has 5 heteroatoms. The Morgan fingerprint density at radius 2 is 1.91 bits per heavy atom. The fraction of sp³-hybridized carbons (Fsp3) is 0.222. The van der Waals surface area contributed by atoms with Gasteiger partial charge in [-0.3, -0.25) is 4.79 Å². The molecular weight excluding hydrogens is 293 g/mol. The predicted octanol–water partition coefficient (Wildman–Crippen LogP) is 3.90. The van der Waals surface area contributed by atoms with Crippen LogP contribution in [0.15, 0.2) is 42.5 Å². The number of nitrogens with zero attached hydrogens (tertiary/aromatic N) is 1. The molecular formula is C18H18FN3O. The SMILES string of the molecule is CC(C)C(=O)Nc1ccc(CNc2cccc(F)c2C#N)cc1. The van der Waals surface area contributed by atoms with E-state index in [1.165, 1.54) is 6.07 Å². The summed E-state index contributed by atoms with van der Waals surface area (Å²) in [5.74, 6) is -0.646. The lowest BCUT2D eigenvalue weighted by Gasteiger charge is -2.10. The lowest BCUT2D eigenvalue weighted by Crippen LogP contribution is -2.17. The van der Waals surface area contributed by atoms with Crippen LogP contribution in [0.1, 0.15) is 25.0 Å². The van der Waals surface area contributed by atoms with Crippen LogP contribution < -0.4 is 10.6 Å². The van der Waals surface area contributed by atoms with Crippen molar-refractivity contribution in [1.82, 2.24) is 0 Å². The molecule has 0 saturated carbocycles. The van der Waals surface area contributed by atoms with Crippen molar-refractivity contribution in [3.63, 3.8) is 0 Å². The highest BCUT2D eigenvalue weighted by Gasteiger charge is 2.08. The van der Waals surface area contributed by atoms with E-state index < -0.39 is 5.82 Å². The Morgan fingerprint density at radius 3 is 2.52 bits per heavy atom. The van der Waals surface area contributed by atoms with Crippen molar-refractivity contribution in [2.75, 3.05) is 10.6 Å². The van der Waals surface area contributed by atoms with Gasteiger partial charge in [0.2, 0.25) is 5.91 Å². The molecule has 118 valence electrons. The summed E-state index contributed by atoms with van der Waals surface area (Å²) >= 11 is 0. The molecule has 0 atom stereocenters. The zero-order chi connectivity index (χ0) is 16.8. The third-order valence-corrected chi connectivity index (χ3v) is 3.35. The van der Waals surface area contributed by atoms with Crippen molar-refractivity contribution >= 4 is 17.3 Å². The molecule has 2 aromatic rings. The quantitative estimate of drug-likeness (QED) is 0.880. The molecule has 0 aliphatic carbocycles. The summed E-state index contributed by atoms with van der Waals surface area (Å²) in [6.07, 6.45) is 0. The van der Waals surface area contributed by atoms with E-state index in [9.17, 15) is 9.18 Å². The van der Waals surface area contributed by atoms with E-state index in [-0.39, 0.29) is 17.4 Å². The van der Waals surface area contributed by atoms with E-state index >= 15 is 0 Å². The second kappa shape index (κ2) is 7.41. The maximum atomic E-state index is 13.5. The first-order chi connectivity index (χ1) is 11.0. The van der Waals surface area contributed by atoms with E-state index in [0.717, 1.165) is 11.3 Å². The Hall–Kier alpha value is -2.87. The van der Waals surface area contributed by atoms with Crippen molar-refractivity contribution in [3.05, 3.63) is 59.4 Å². The van der Waals surface area contributed by atoms with Crippen LogP contribution in [0.3, 0.4) is 0 Å². The van der Waals surface area contributed by atoms with Gasteiger partial charge in [0.1, 0.15) is 17.4 Å². The van der Waals surface area contributed by atoms with Crippen molar-refractivity contribution < 1.29 is 9.18 Å². The van der Waals surface area contributed by atoms with E-state index in [4.69, 9.17) is 5.26 Å². The molecule has 0 saturated heterocycles. The van der Waals surface area contributed by atoms with Gasteiger partial charge in [-0.15, -0.1) is 0 Å². The first kappa shape index (κ1) is 16.5. The summed E-state index contributed by atoms with van der Waals surface area (Å²) in [7, 11) is 0. The number of hydrogen-bond donors (Lipinski definition) is 2. The van der Waals surface area contributed by atoms with Gasteiger partial charge in [0, 0.05) is 18.2 Å². The van der Waals surface area contributed by atoms with Crippen LogP contribution >= 0.6 is 0 Å². The van der Waals surface area contributed by atoms with Crippen LogP contribution in [0.2, 0.25) is 0 Å². The molecule has 4 nitrogen and oxygen atoms in total. The lowest BCUT2D eigenvalue weighted by molar-refractivity contribution is -0.118. The smallest absolute Gasteiger partial charge is 0.226 e. The minimum Gasteiger partial charge on any atom is -0.380 e. The zero-order valence-corrected chi connectivity index (χ0v) is 13.1. The summed E-state index contributed by atoms with van der Waals surface area (Å²) in [5.41, 5.74) is 2.16. The van der Waals surface area contributed by atoms with Crippen molar-refractivity contribution in [2.45, 2.75) is 20.4 Å². The largest absolute Gasteiger partial charge is 0.380 e. The average molecular weight is 311 g/mol. The minimum atomic E-state index is -0.538. The van der Waals surface area contributed by atoms with Gasteiger partial charge in [0.05, 0.1) is 5.69 Å². The zero-order valence-electron chi connectivity index (χ0n) is 13.1. The van der Waals surface area contributed by atoms with Gasteiger partial charge in [-0.2, -0.15) is 5.26 Å². The van der Waals surface area contributed by atoms with Gasteiger partial charge in [0.25, 0.3) is 0 Å². The molecule has 0 spiro atoms. The van der Waals surface area contributed by atoms with Gasteiger partial charge in [-0.05, 0) is 29.8 Å². The lowest BCUT2D eigenvalue weighted by atomic mass is 10.1. The third-order valence-electron chi connectivity index (χ3n) is 3.35. The summed E-state index contributed by atoms with van der Waals surface area (Å²) in [6.45, 7) is 4.12. The number of carbonyl (C=O) groups is 1. The molecule has 0 fully saturated rings. The van der Waals surface area contributed by atoms with Crippen LogP contribution in [0.4, 0.5) is 15.8 Å². The van der Waals surface area contributed by atoms with E-state index in [0.29, 0.717) is 12.2 Å². The first-order valence-corrected chi connectivity index (χ1v) is 7.33. The topological polar surface area (TPSA) is 64.9 Å². The third kappa shape index (κ3) is 4.30. The summed E-state index contributed by atoms with van der Waals surface area (Å²) in [4.78, 5) is 11.6. The molecule has 2 rings (SSSR count). The highest BCUT2D eigenvalue weighted by Crippen LogP contribution is 2.19. The number of nitriles is 1. The molecule has 2 N–H and O–H groups in total. The Labute approximate surface area is 134 Å². The molecule has 1 amide bonds. The standard InChI is InChI=1S/C18H18FN3O/c1-12(2)18(23)22-14-8-6-13(7-9-14)11-21-17-5-3-4-16(19)15(17)10-20/h3-9,12,21H,11H2,1-2H3,(H,22,23). The first-order valence-electron chi connectivity index (χ1n) is 7.33. The second-order valence-electron chi connectivity index (χ2n) is 5.47. The van der Waals surface area contributed by atoms with Gasteiger partial charge >= 0.3 is 0 Å². The van der Waals surface area contributed by atoms with Crippen LogP contribution in [-0.2, 0) is 11.3 Å². The Bertz CT molecular complexity index is 733. The molecule has 0 radical (unpaired) electrons. The van der Waals surface area contributed by atoms with Crippen LogP contribution in [0.5, 0.6) is 0 Å². The maximum absolute atomic E-state index is 13.5. The normalized spacial score (nSPS) is 10.2. The van der Waals surface area contributed by atoms with Crippen molar-refractivity contribution in [2.24, 2.45) is 5.92 Å². The number of anilines is 2. The van der Waals surface area contributed by atoms with Crippen LogP contribution in [-0.4, -0.2) is 5.91 Å². The Balaban J connectivity index is 2.01. The van der Waals surface area contributed by atoms with Crippen LogP contribution in [0, 0.1) is 23.1 Å². The highest BCUT2D eigenvalue weighted by atomic mass is 19.1. The molecule has 0 aliphatic rings. The highest BCUT2D eigenvalue weighted by molar-refractivity contribution is 5.92. The molecule has 0 bridgehead atoms. The van der Waals surface area contributed by atoms with E-state index in [2.05, 4.69) is 10.6 Å². The van der Waals surface area contributed by atoms with E-state index in [1.54, 1.807) is 12.1 Å². The molecule has 0 aliphatic heterocycles. The van der Waals surface area contributed by atoms with Crippen molar-refractivity contribution in [1.29, 1.82) is 5.26 Å². The summed E-state index contributed by atoms with van der Waals surface area (Å²) in [5, 5.41) is 14.9. The number of hydrogen-bond acceptors (Lipinski definition) is 3. The van der Waals surface area contributed by atoms with Gasteiger partial charge < -0.3 is 10.6 Å². The number of rotatable bonds is 5. The number of nitrogens with one attached hydrogen (secondary N) is 2. The fourth-order valence-corrected chi connectivity index (χ4v) is 1.97. The number of carbonyl (C=O) groups excluding carboxylic acids is 1. The second-order valence-corrected chi connectivity index (χ2v) is 5.47.